The van der Waals surface area contributed by atoms with Crippen LogP contribution in [0.4, 0.5) is 8.78 Å². The minimum atomic E-state index is -2.50. The van der Waals surface area contributed by atoms with Crippen LogP contribution in [0.5, 0.6) is 0 Å². The highest BCUT2D eigenvalue weighted by Crippen LogP contribution is 2.41. The number of hydrogen-bond donors (Lipinski definition) is 0. The Kier molecular flexibility index (Phi) is 2.64. The van der Waals surface area contributed by atoms with Gasteiger partial charge < -0.3 is 0 Å². The number of fused-ring (bicyclic) bond motifs is 5. The van der Waals surface area contributed by atoms with E-state index in [1.165, 1.54) is 0 Å². The molecule has 0 saturated heterocycles. The van der Waals surface area contributed by atoms with E-state index in [0.717, 1.165) is 21.9 Å². The van der Waals surface area contributed by atoms with Gasteiger partial charge in [-0.3, -0.25) is 0 Å². The number of hydrogen-bond acceptors (Lipinski definition) is 0. The third-order valence-electron chi connectivity index (χ3n) is 4.05. The summed E-state index contributed by atoms with van der Waals surface area (Å²) >= 11 is 0. The molecule has 0 nitrogen and oxygen atoms in total. The molecule has 0 fully saturated rings. The Morgan fingerprint density at radius 1 is 0.524 bits per heavy atom. The van der Waals surface area contributed by atoms with E-state index < -0.39 is 6.43 Å². The molecular weight excluding hydrogens is 266 g/mol. The topological polar surface area (TPSA) is 0 Å². The fourth-order valence-corrected chi connectivity index (χ4v) is 3.18. The Labute approximate surface area is 121 Å². The highest BCUT2D eigenvalue weighted by atomic mass is 19.3. The maximum absolute atomic E-state index is 13.8. The quantitative estimate of drug-likeness (QED) is 0.398. The average Bonchev–Trinajstić information content (AvgIpc) is 2.93. The molecule has 2 aliphatic rings. The van der Waals surface area contributed by atoms with Crippen LogP contribution in [0.3, 0.4) is 0 Å². The molecule has 0 unspecified atom stereocenters. The molecule has 0 heterocycles. The van der Waals surface area contributed by atoms with Crippen LogP contribution in [0, 0.1) is 0 Å². The van der Waals surface area contributed by atoms with Gasteiger partial charge in [0.05, 0.1) is 0 Å². The lowest BCUT2D eigenvalue weighted by atomic mass is 10.0. The predicted octanol–water partition coefficient (Wildman–Crippen LogP) is 6.04. The van der Waals surface area contributed by atoms with E-state index >= 15 is 0 Å². The molecule has 2 aromatic carbocycles. The molecule has 0 saturated carbocycles. The summed E-state index contributed by atoms with van der Waals surface area (Å²) in [5.41, 5.74) is 2.17. The summed E-state index contributed by atoms with van der Waals surface area (Å²) in [6, 6.07) is 20.8. The van der Waals surface area contributed by atoms with Crippen LogP contribution < -0.4 is 0 Å². The first-order valence-corrected chi connectivity index (χ1v) is 6.87. The Hall–Kier alpha value is -2.48. The number of rotatable bonds is 1. The lowest BCUT2D eigenvalue weighted by Crippen LogP contribution is -1.85. The van der Waals surface area contributed by atoms with Crippen LogP contribution in [0.15, 0.2) is 66.7 Å². The molecular formula is C19H12F2. The van der Waals surface area contributed by atoms with Crippen LogP contribution in [0.25, 0.3) is 32.7 Å². The molecule has 2 aromatic rings. The van der Waals surface area contributed by atoms with E-state index in [4.69, 9.17) is 0 Å². The molecule has 0 N–H and O–H groups in total. The molecule has 0 amide bonds. The Bertz CT molecular complexity index is 854. The van der Waals surface area contributed by atoms with Gasteiger partial charge in [-0.2, -0.15) is 0 Å². The SMILES string of the molecule is FC(F)c1c2ccccc2c2cccc-2c2ccccc12. The van der Waals surface area contributed by atoms with Crippen molar-refractivity contribution in [3.05, 3.63) is 72.3 Å². The minimum absolute atomic E-state index is 0.123. The molecule has 2 heteroatoms. The molecule has 2 aliphatic carbocycles. The molecule has 0 bridgehead atoms. The van der Waals surface area contributed by atoms with Crippen molar-refractivity contribution in [1.82, 2.24) is 0 Å². The maximum atomic E-state index is 13.8. The third kappa shape index (κ3) is 1.72. The summed E-state index contributed by atoms with van der Waals surface area (Å²) in [6.45, 7) is 0. The van der Waals surface area contributed by atoms with E-state index in [1.54, 1.807) is 12.1 Å². The number of alkyl halides is 2. The maximum Gasteiger partial charge on any atom is 0.265 e. The van der Waals surface area contributed by atoms with Crippen LogP contribution >= 0.6 is 0 Å². The zero-order valence-corrected chi connectivity index (χ0v) is 11.2. The Morgan fingerprint density at radius 3 is 1.38 bits per heavy atom. The standard InChI is InChI=1S/C19H12F2/c20-19(21)18-16-8-3-1-6-14(16)12-10-5-11-13(12)15-7-2-4-9-17(15)18/h1-11,19H. The van der Waals surface area contributed by atoms with Crippen LogP contribution in [0.1, 0.15) is 12.0 Å². The normalized spacial score (nSPS) is 11.8. The molecule has 0 atom stereocenters. The Morgan fingerprint density at radius 2 is 0.952 bits per heavy atom. The average molecular weight is 278 g/mol. The smallest absolute Gasteiger partial charge is 0.205 e. The number of halogens is 2. The second-order valence-electron chi connectivity index (χ2n) is 5.16. The van der Waals surface area contributed by atoms with Gasteiger partial charge in [-0.05, 0) is 32.7 Å². The molecule has 0 radical (unpaired) electrons. The summed E-state index contributed by atoms with van der Waals surface area (Å²) in [7, 11) is 0. The van der Waals surface area contributed by atoms with Crippen LogP contribution in [0.2, 0.25) is 0 Å². The summed E-state index contributed by atoms with van der Waals surface area (Å²) in [6.07, 6.45) is -2.50. The van der Waals surface area contributed by atoms with Crippen molar-refractivity contribution in [3.63, 3.8) is 0 Å². The third-order valence-corrected chi connectivity index (χ3v) is 4.05. The van der Waals surface area contributed by atoms with Crippen molar-refractivity contribution >= 4 is 21.5 Å². The van der Waals surface area contributed by atoms with Gasteiger partial charge in [0, 0.05) is 5.56 Å². The van der Waals surface area contributed by atoms with Crippen molar-refractivity contribution in [3.8, 4) is 11.1 Å². The van der Waals surface area contributed by atoms with Gasteiger partial charge in [-0.1, -0.05) is 66.7 Å². The predicted molar refractivity (Wildman–Crippen MR) is 83.0 cm³/mol. The summed E-state index contributed by atoms with van der Waals surface area (Å²) in [5.74, 6) is 0. The van der Waals surface area contributed by atoms with E-state index in [9.17, 15) is 8.78 Å². The van der Waals surface area contributed by atoms with E-state index in [1.807, 2.05) is 54.6 Å². The molecule has 4 rings (SSSR count). The van der Waals surface area contributed by atoms with Crippen molar-refractivity contribution in [2.24, 2.45) is 0 Å². The van der Waals surface area contributed by atoms with Gasteiger partial charge in [0.1, 0.15) is 0 Å². The lowest BCUT2D eigenvalue weighted by Gasteiger charge is -2.04. The molecule has 0 spiro atoms. The molecule has 102 valence electrons. The summed E-state index contributed by atoms with van der Waals surface area (Å²) < 4.78 is 27.5. The Balaban J connectivity index is 2.40. The van der Waals surface area contributed by atoms with Gasteiger partial charge in [0.2, 0.25) is 0 Å². The van der Waals surface area contributed by atoms with Gasteiger partial charge in [0.25, 0.3) is 6.43 Å². The molecule has 0 aromatic heterocycles. The van der Waals surface area contributed by atoms with Gasteiger partial charge in [-0.15, -0.1) is 0 Å². The van der Waals surface area contributed by atoms with Gasteiger partial charge in [-0.25, -0.2) is 8.78 Å². The summed E-state index contributed by atoms with van der Waals surface area (Å²) in [4.78, 5) is 0. The zero-order chi connectivity index (χ0) is 14.4. The van der Waals surface area contributed by atoms with Crippen molar-refractivity contribution < 1.29 is 8.78 Å². The van der Waals surface area contributed by atoms with Crippen LogP contribution in [-0.2, 0) is 0 Å². The van der Waals surface area contributed by atoms with Crippen LogP contribution in [-0.4, -0.2) is 0 Å². The molecule has 21 heavy (non-hydrogen) atoms. The monoisotopic (exact) mass is 278 g/mol. The van der Waals surface area contributed by atoms with Gasteiger partial charge in [0.15, 0.2) is 0 Å². The highest BCUT2D eigenvalue weighted by Gasteiger charge is 2.19. The first-order valence-electron chi connectivity index (χ1n) is 6.87. The second kappa shape index (κ2) is 4.52. The van der Waals surface area contributed by atoms with E-state index in [2.05, 4.69) is 0 Å². The summed E-state index contributed by atoms with van der Waals surface area (Å²) in [5, 5.41) is 3.02. The zero-order valence-electron chi connectivity index (χ0n) is 11.2. The molecule has 0 aliphatic heterocycles. The van der Waals surface area contributed by atoms with Gasteiger partial charge >= 0.3 is 0 Å². The number of benzene rings is 2. The lowest BCUT2D eigenvalue weighted by molar-refractivity contribution is 0.155. The van der Waals surface area contributed by atoms with Crippen molar-refractivity contribution in [2.75, 3.05) is 0 Å². The van der Waals surface area contributed by atoms with E-state index in [0.29, 0.717) is 10.8 Å². The second-order valence-corrected chi connectivity index (χ2v) is 5.16. The first kappa shape index (κ1) is 12.3. The fourth-order valence-electron chi connectivity index (χ4n) is 3.18. The van der Waals surface area contributed by atoms with Crippen molar-refractivity contribution in [1.29, 1.82) is 0 Å². The van der Waals surface area contributed by atoms with E-state index in [-0.39, 0.29) is 5.56 Å². The van der Waals surface area contributed by atoms with Crippen molar-refractivity contribution in [2.45, 2.75) is 6.43 Å². The minimum Gasteiger partial charge on any atom is -0.205 e. The highest BCUT2D eigenvalue weighted by molar-refractivity contribution is 6.11. The largest absolute Gasteiger partial charge is 0.265 e. The fraction of sp³-hybridized carbons (Fsp3) is 0.0526. The first-order chi connectivity index (χ1) is 10.3.